The number of halogens is 4. The zero-order chi connectivity index (χ0) is 15.5. The van der Waals surface area contributed by atoms with E-state index in [0.717, 1.165) is 10.7 Å². The number of hydrogen-bond donors (Lipinski definition) is 2. The van der Waals surface area contributed by atoms with Crippen LogP contribution < -0.4 is 10.6 Å². The van der Waals surface area contributed by atoms with Crippen molar-refractivity contribution in [3.8, 4) is 5.82 Å². The minimum atomic E-state index is -4.54. The van der Waals surface area contributed by atoms with Crippen molar-refractivity contribution in [2.24, 2.45) is 0 Å². The number of rotatable bonds is 4. The molecule has 0 aliphatic rings. The minimum absolute atomic E-state index is 0. The molecule has 0 spiro atoms. The Bertz CT molecular complexity index is 644. The molecule has 0 saturated carbocycles. The molecule has 0 aliphatic carbocycles. The van der Waals surface area contributed by atoms with Crippen LogP contribution in [0.4, 0.5) is 19.0 Å². The van der Waals surface area contributed by atoms with E-state index in [1.807, 2.05) is 0 Å². The lowest BCUT2D eigenvalue weighted by Gasteiger charge is -2.11. The fraction of sp³-hybridized carbons (Fsp3) is 0.250. The molecular weight excluding hydrogens is 323 g/mol. The van der Waals surface area contributed by atoms with E-state index in [-0.39, 0.29) is 36.5 Å². The highest BCUT2D eigenvalue weighted by molar-refractivity contribution is 5.91. The Labute approximate surface area is 130 Å². The Hall–Kier alpha value is -2.13. The summed E-state index contributed by atoms with van der Waals surface area (Å²) < 4.78 is 39.6. The Morgan fingerprint density at radius 2 is 2.09 bits per heavy atom. The average molecular weight is 336 g/mol. The maximum absolute atomic E-state index is 12.9. The van der Waals surface area contributed by atoms with Crippen molar-refractivity contribution in [3.05, 3.63) is 36.2 Å². The first-order chi connectivity index (χ1) is 9.91. The zero-order valence-electron chi connectivity index (χ0n) is 11.4. The van der Waals surface area contributed by atoms with Crippen LogP contribution in [-0.4, -0.2) is 34.3 Å². The molecule has 2 aromatic heterocycles. The molecule has 0 fully saturated rings. The third-order valence-corrected chi connectivity index (χ3v) is 2.50. The number of alkyl halides is 3. The van der Waals surface area contributed by atoms with Gasteiger partial charge >= 0.3 is 6.18 Å². The molecule has 0 radical (unpaired) electrons. The minimum Gasteiger partial charge on any atom is -0.311 e. The Balaban J connectivity index is 0.00000242. The van der Waals surface area contributed by atoms with E-state index in [1.54, 1.807) is 7.05 Å². The monoisotopic (exact) mass is 335 g/mol. The molecule has 0 aromatic carbocycles. The molecule has 0 saturated heterocycles. The van der Waals surface area contributed by atoms with Gasteiger partial charge in [0.2, 0.25) is 5.91 Å². The van der Waals surface area contributed by atoms with Gasteiger partial charge in [0, 0.05) is 18.5 Å². The number of amides is 1. The Morgan fingerprint density at radius 1 is 1.36 bits per heavy atom. The first kappa shape index (κ1) is 17.9. The molecule has 1 amide bonds. The van der Waals surface area contributed by atoms with E-state index in [9.17, 15) is 18.0 Å². The highest BCUT2D eigenvalue weighted by atomic mass is 35.5. The van der Waals surface area contributed by atoms with E-state index < -0.39 is 11.7 Å². The Kier molecular flexibility index (Phi) is 5.89. The molecule has 22 heavy (non-hydrogen) atoms. The van der Waals surface area contributed by atoms with E-state index in [1.165, 1.54) is 24.5 Å². The molecule has 6 nitrogen and oxygen atoms in total. The molecule has 2 N–H and O–H groups in total. The third-order valence-electron chi connectivity index (χ3n) is 2.50. The molecule has 2 aromatic rings. The van der Waals surface area contributed by atoms with Crippen LogP contribution in [0.1, 0.15) is 5.56 Å². The Morgan fingerprint density at radius 3 is 2.73 bits per heavy atom. The highest BCUT2D eigenvalue weighted by Crippen LogP contribution is 2.32. The largest absolute Gasteiger partial charge is 0.420 e. The number of hydrogen-bond acceptors (Lipinski definition) is 4. The fourth-order valence-electron chi connectivity index (χ4n) is 1.66. The summed E-state index contributed by atoms with van der Waals surface area (Å²) in [6.45, 7) is 0.0737. The van der Waals surface area contributed by atoms with E-state index in [4.69, 9.17) is 0 Å². The number of anilines is 1. The van der Waals surface area contributed by atoms with Gasteiger partial charge in [-0.2, -0.15) is 13.2 Å². The lowest BCUT2D eigenvalue weighted by molar-refractivity contribution is -0.137. The van der Waals surface area contributed by atoms with Crippen molar-refractivity contribution in [1.29, 1.82) is 0 Å². The molecule has 2 heterocycles. The van der Waals surface area contributed by atoms with Gasteiger partial charge in [-0.3, -0.25) is 4.79 Å². The molecule has 0 atom stereocenters. The first-order valence-electron chi connectivity index (χ1n) is 5.94. The number of likely N-dealkylation sites (N-methyl/N-ethyl adjacent to an activating group) is 1. The summed E-state index contributed by atoms with van der Waals surface area (Å²) in [4.78, 5) is 15.1. The van der Waals surface area contributed by atoms with Gasteiger partial charge in [0.25, 0.3) is 0 Å². The standard InChI is InChI=1S/C12H12F3N5O.ClH/c1-16-7-10(21)18-9-4-6-20(19-9)11-8(12(13,14)15)3-2-5-17-11;/h2-6,16H,7H2,1H3,(H,18,19,21);1H. The summed E-state index contributed by atoms with van der Waals surface area (Å²) in [7, 11) is 1.60. The summed E-state index contributed by atoms with van der Waals surface area (Å²) in [5.74, 6) is -0.548. The van der Waals surface area contributed by atoms with Gasteiger partial charge < -0.3 is 10.6 Å². The van der Waals surface area contributed by atoms with Crippen LogP contribution in [0.5, 0.6) is 0 Å². The van der Waals surface area contributed by atoms with Crippen LogP contribution in [0.25, 0.3) is 5.82 Å². The number of pyridine rings is 1. The van der Waals surface area contributed by atoms with Gasteiger partial charge in [0.15, 0.2) is 11.6 Å². The molecule has 10 heteroatoms. The first-order valence-corrected chi connectivity index (χ1v) is 5.94. The SMILES string of the molecule is CNCC(=O)Nc1ccn(-c2ncccc2C(F)(F)F)n1.Cl. The van der Waals surface area contributed by atoms with E-state index in [2.05, 4.69) is 20.7 Å². The number of nitrogens with zero attached hydrogens (tertiary/aromatic N) is 3. The summed E-state index contributed by atoms with van der Waals surface area (Å²) >= 11 is 0. The van der Waals surface area contributed by atoms with Crippen molar-refractivity contribution in [2.45, 2.75) is 6.18 Å². The quantitative estimate of drug-likeness (QED) is 0.894. The summed E-state index contributed by atoms with van der Waals surface area (Å²) in [6.07, 6.45) is -2.00. The zero-order valence-corrected chi connectivity index (χ0v) is 12.2. The molecular formula is C12H13ClF3N5O. The number of nitrogens with one attached hydrogen (secondary N) is 2. The van der Waals surface area contributed by atoms with Gasteiger partial charge in [-0.15, -0.1) is 17.5 Å². The maximum atomic E-state index is 12.9. The maximum Gasteiger partial charge on any atom is 0.420 e. The van der Waals surface area contributed by atoms with E-state index >= 15 is 0 Å². The topological polar surface area (TPSA) is 71.8 Å². The van der Waals surface area contributed by atoms with Crippen LogP contribution in [0.2, 0.25) is 0 Å². The molecule has 0 aliphatic heterocycles. The normalized spacial score (nSPS) is 10.9. The molecule has 120 valence electrons. The molecule has 2 rings (SSSR count). The highest BCUT2D eigenvalue weighted by Gasteiger charge is 2.34. The summed E-state index contributed by atoms with van der Waals surface area (Å²) in [5, 5.41) is 8.97. The van der Waals surface area contributed by atoms with Crippen LogP contribution in [0.15, 0.2) is 30.6 Å². The third kappa shape index (κ3) is 4.18. The van der Waals surface area contributed by atoms with Crippen molar-refractivity contribution < 1.29 is 18.0 Å². The smallest absolute Gasteiger partial charge is 0.311 e. The van der Waals surface area contributed by atoms with Crippen LogP contribution in [0, 0.1) is 0 Å². The number of carbonyl (C=O) groups is 1. The van der Waals surface area contributed by atoms with Crippen molar-refractivity contribution in [3.63, 3.8) is 0 Å². The summed E-state index contributed by atoms with van der Waals surface area (Å²) in [6, 6.07) is 3.51. The van der Waals surface area contributed by atoms with Gasteiger partial charge in [-0.25, -0.2) is 9.67 Å². The van der Waals surface area contributed by atoms with Crippen LogP contribution >= 0.6 is 12.4 Å². The second-order valence-electron chi connectivity index (χ2n) is 4.10. The number of aromatic nitrogens is 3. The lowest BCUT2D eigenvalue weighted by Crippen LogP contribution is -2.25. The molecule has 0 unspecified atom stereocenters. The second-order valence-corrected chi connectivity index (χ2v) is 4.10. The predicted molar refractivity (Wildman–Crippen MR) is 76.2 cm³/mol. The van der Waals surface area contributed by atoms with Crippen molar-refractivity contribution >= 4 is 24.1 Å². The van der Waals surface area contributed by atoms with Crippen LogP contribution in [0.3, 0.4) is 0 Å². The molecule has 0 bridgehead atoms. The van der Waals surface area contributed by atoms with Crippen molar-refractivity contribution in [2.75, 3.05) is 18.9 Å². The van der Waals surface area contributed by atoms with Crippen molar-refractivity contribution in [1.82, 2.24) is 20.1 Å². The van der Waals surface area contributed by atoms with Gasteiger partial charge in [-0.05, 0) is 19.2 Å². The van der Waals surface area contributed by atoms with E-state index in [0.29, 0.717) is 0 Å². The fourth-order valence-corrected chi connectivity index (χ4v) is 1.66. The van der Waals surface area contributed by atoms with Crippen LogP contribution in [-0.2, 0) is 11.0 Å². The average Bonchev–Trinajstić information content (AvgIpc) is 2.86. The number of carbonyl (C=O) groups excluding carboxylic acids is 1. The summed E-state index contributed by atoms with van der Waals surface area (Å²) in [5.41, 5.74) is -0.902. The van der Waals surface area contributed by atoms with Gasteiger partial charge in [-0.1, -0.05) is 0 Å². The second kappa shape index (κ2) is 7.23. The predicted octanol–water partition coefficient (Wildman–Crippen LogP) is 1.87. The lowest BCUT2D eigenvalue weighted by atomic mass is 10.2. The van der Waals surface area contributed by atoms with Gasteiger partial charge in [0.05, 0.1) is 6.54 Å². The van der Waals surface area contributed by atoms with Gasteiger partial charge in [0.1, 0.15) is 5.56 Å².